The smallest absolute Gasteiger partial charge is 0.285 e. The predicted octanol–water partition coefficient (Wildman–Crippen LogP) is 2.53. The first-order valence-corrected chi connectivity index (χ1v) is 4.45. The van der Waals surface area contributed by atoms with Crippen LogP contribution >= 0.6 is 0 Å². The monoisotopic (exact) mass is 220 g/mol. The fourth-order valence-corrected chi connectivity index (χ4v) is 1.25. The largest absolute Gasteiger partial charge is 0.422 e. The molecule has 0 unspecified atom stereocenters. The molecule has 0 bridgehead atoms. The van der Waals surface area contributed by atoms with E-state index in [9.17, 15) is 18.4 Å². The second-order valence-corrected chi connectivity index (χ2v) is 4.40. The third kappa shape index (κ3) is 2.61. The Kier molecular flexibility index (Phi) is 2.67. The normalized spacial score (nSPS) is 12.9. The molecule has 0 saturated heterocycles. The molecular weight excluding hydrogens is 207 g/mol. The van der Waals surface area contributed by atoms with Crippen LogP contribution in [0.3, 0.4) is 0 Å². The van der Waals surface area contributed by atoms with E-state index in [4.69, 9.17) is 0 Å². The highest BCUT2D eigenvalue weighted by Crippen LogP contribution is 2.29. The van der Waals surface area contributed by atoms with Crippen molar-refractivity contribution in [3.8, 4) is 0 Å². The fraction of sp³-hybridized carbons (Fsp3) is 0.500. The third-order valence-electron chi connectivity index (χ3n) is 2.02. The van der Waals surface area contributed by atoms with Gasteiger partial charge in [-0.1, -0.05) is 20.8 Å². The minimum Gasteiger partial charge on any atom is -0.285 e. The highest BCUT2D eigenvalue weighted by atomic mass is 19.4. The molecule has 1 N–H and O–H groups in total. The Balaban J connectivity index is 3.21. The van der Waals surface area contributed by atoms with E-state index in [1.54, 1.807) is 0 Å². The molecule has 0 aliphatic rings. The Hall–Kier alpha value is -1.26. The molecule has 0 aromatic carbocycles. The minimum atomic E-state index is -4.43. The molecule has 0 amide bonds. The summed E-state index contributed by atoms with van der Waals surface area (Å²) in [7, 11) is 0. The summed E-state index contributed by atoms with van der Waals surface area (Å²) in [4.78, 5) is 0. The molecule has 0 spiro atoms. The first kappa shape index (κ1) is 11.8. The van der Waals surface area contributed by atoms with E-state index in [0.717, 1.165) is 6.07 Å². The number of nitrogens with zero attached hydrogens (tertiary/aromatic N) is 1. The summed E-state index contributed by atoms with van der Waals surface area (Å²) < 4.78 is 37.3. The van der Waals surface area contributed by atoms with Crippen molar-refractivity contribution in [3.63, 3.8) is 0 Å². The van der Waals surface area contributed by atoms with Crippen LogP contribution in [0.15, 0.2) is 18.3 Å². The minimum absolute atomic E-state index is 0.404. The van der Waals surface area contributed by atoms with Gasteiger partial charge in [-0.3, -0.25) is 5.21 Å². The lowest BCUT2D eigenvalue weighted by Crippen LogP contribution is -2.41. The van der Waals surface area contributed by atoms with Crippen molar-refractivity contribution in [2.45, 2.75) is 32.4 Å². The highest BCUT2D eigenvalue weighted by Gasteiger charge is 2.36. The highest BCUT2D eigenvalue weighted by molar-refractivity contribution is 5.16. The van der Waals surface area contributed by atoms with Crippen molar-refractivity contribution in [2.75, 3.05) is 0 Å². The molecular formula is C10H13F3NO+. The first-order valence-electron chi connectivity index (χ1n) is 4.45. The maximum Gasteiger partial charge on any atom is 0.422 e. The van der Waals surface area contributed by atoms with E-state index in [-0.39, 0.29) is 0 Å². The van der Waals surface area contributed by atoms with Crippen molar-refractivity contribution in [2.24, 2.45) is 0 Å². The molecule has 0 saturated carbocycles. The summed E-state index contributed by atoms with van der Waals surface area (Å²) in [6, 6.07) is 2.25. The Morgan fingerprint density at radius 2 is 1.67 bits per heavy atom. The van der Waals surface area contributed by atoms with Gasteiger partial charge in [0, 0.05) is 10.8 Å². The van der Waals surface area contributed by atoms with Gasteiger partial charge in [0.05, 0.1) is 5.41 Å². The average molecular weight is 220 g/mol. The fourth-order valence-electron chi connectivity index (χ4n) is 1.25. The van der Waals surface area contributed by atoms with Gasteiger partial charge in [0.15, 0.2) is 0 Å². The molecule has 1 aromatic rings. The molecule has 15 heavy (non-hydrogen) atoms. The van der Waals surface area contributed by atoms with Crippen molar-refractivity contribution in [1.29, 1.82) is 0 Å². The summed E-state index contributed by atoms with van der Waals surface area (Å²) in [5.74, 6) is 0. The Morgan fingerprint density at radius 3 is 2.00 bits per heavy atom. The van der Waals surface area contributed by atoms with Crippen LogP contribution in [0.4, 0.5) is 13.2 Å². The Labute approximate surface area is 85.9 Å². The number of hydrogen-bond acceptors (Lipinski definition) is 1. The van der Waals surface area contributed by atoms with Crippen LogP contribution in [0, 0.1) is 0 Å². The van der Waals surface area contributed by atoms with Gasteiger partial charge in [-0.15, -0.1) is 0 Å². The van der Waals surface area contributed by atoms with Crippen LogP contribution < -0.4 is 4.73 Å². The van der Waals surface area contributed by atoms with E-state index < -0.39 is 17.2 Å². The third-order valence-corrected chi connectivity index (χ3v) is 2.02. The maximum atomic E-state index is 12.3. The van der Waals surface area contributed by atoms with Crippen LogP contribution in [0.25, 0.3) is 0 Å². The summed E-state index contributed by atoms with van der Waals surface area (Å²) in [5, 5.41) is 9.41. The Bertz CT molecular complexity index is 366. The van der Waals surface area contributed by atoms with Gasteiger partial charge in [0.2, 0.25) is 11.9 Å². The molecule has 84 valence electrons. The summed E-state index contributed by atoms with van der Waals surface area (Å²) in [6.45, 7) is 5.42. The zero-order valence-corrected chi connectivity index (χ0v) is 8.76. The molecule has 1 aromatic heterocycles. The van der Waals surface area contributed by atoms with Gasteiger partial charge in [-0.05, 0) is 6.07 Å². The molecule has 0 fully saturated rings. The summed E-state index contributed by atoms with van der Waals surface area (Å²) in [5.41, 5.74) is -0.840. The van der Waals surface area contributed by atoms with Crippen LogP contribution in [0.1, 0.15) is 32.0 Å². The van der Waals surface area contributed by atoms with Gasteiger partial charge in [0.1, 0.15) is 5.56 Å². The van der Waals surface area contributed by atoms with Gasteiger partial charge in [-0.25, -0.2) is 0 Å². The molecule has 1 heterocycles. The molecule has 0 atom stereocenters. The summed E-state index contributed by atoms with van der Waals surface area (Å²) in [6.07, 6.45) is -3.75. The van der Waals surface area contributed by atoms with Crippen LogP contribution in [-0.2, 0) is 11.6 Å². The van der Waals surface area contributed by atoms with E-state index >= 15 is 0 Å². The molecule has 0 aliphatic carbocycles. The standard InChI is InChI=1S/C10H13F3NO/c1-9(2,3)8-5-4-7(6-14(8)15)10(11,12)13/h4-6,15H,1-3H3/q+1. The van der Waals surface area contributed by atoms with E-state index in [2.05, 4.69) is 0 Å². The van der Waals surface area contributed by atoms with Crippen LogP contribution in [0.5, 0.6) is 0 Å². The number of aromatic nitrogens is 1. The number of rotatable bonds is 0. The molecule has 0 aliphatic heterocycles. The number of alkyl halides is 3. The molecule has 0 radical (unpaired) electrons. The second-order valence-electron chi connectivity index (χ2n) is 4.40. The summed E-state index contributed by atoms with van der Waals surface area (Å²) >= 11 is 0. The molecule has 2 nitrogen and oxygen atoms in total. The molecule has 1 rings (SSSR count). The number of hydrogen-bond donors (Lipinski definition) is 1. The van der Waals surface area contributed by atoms with Crippen molar-refractivity contribution >= 4 is 0 Å². The zero-order chi connectivity index (χ0) is 11.9. The van der Waals surface area contributed by atoms with Crippen molar-refractivity contribution in [1.82, 2.24) is 0 Å². The lowest BCUT2D eigenvalue weighted by Gasteiger charge is -2.13. The van der Waals surface area contributed by atoms with E-state index in [0.29, 0.717) is 16.6 Å². The van der Waals surface area contributed by atoms with Gasteiger partial charge in [0.25, 0.3) is 0 Å². The SMILES string of the molecule is CC(C)(C)c1ccc(C(F)(F)F)c[n+]1O. The van der Waals surface area contributed by atoms with E-state index in [1.807, 2.05) is 20.8 Å². The lowest BCUT2D eigenvalue weighted by molar-refractivity contribution is -0.911. The van der Waals surface area contributed by atoms with E-state index in [1.165, 1.54) is 6.07 Å². The van der Waals surface area contributed by atoms with Crippen LogP contribution in [-0.4, -0.2) is 5.21 Å². The Morgan fingerprint density at radius 1 is 1.13 bits per heavy atom. The topological polar surface area (TPSA) is 24.1 Å². The van der Waals surface area contributed by atoms with Gasteiger partial charge < -0.3 is 0 Å². The van der Waals surface area contributed by atoms with Crippen molar-refractivity contribution in [3.05, 3.63) is 29.6 Å². The predicted molar refractivity (Wildman–Crippen MR) is 47.5 cm³/mol. The van der Waals surface area contributed by atoms with Crippen molar-refractivity contribution < 1.29 is 23.1 Å². The average Bonchev–Trinajstić information content (AvgIpc) is 1.99. The number of halogens is 3. The second kappa shape index (κ2) is 3.40. The zero-order valence-electron chi connectivity index (χ0n) is 8.76. The van der Waals surface area contributed by atoms with Gasteiger partial charge >= 0.3 is 6.18 Å². The lowest BCUT2D eigenvalue weighted by atomic mass is 9.91. The van der Waals surface area contributed by atoms with Gasteiger partial charge in [-0.2, -0.15) is 13.2 Å². The maximum absolute atomic E-state index is 12.3. The van der Waals surface area contributed by atoms with Crippen LogP contribution in [0.2, 0.25) is 0 Å². The first-order chi connectivity index (χ1) is 6.62. The quantitative estimate of drug-likeness (QED) is 0.527. The molecule has 5 heteroatoms. The number of pyridine rings is 1.